The smallest absolute Gasteiger partial charge is 0.0629 e. The average molecular weight is 248 g/mol. The normalized spacial score (nSPS) is 11.5. The van der Waals surface area contributed by atoms with Gasteiger partial charge in [-0.25, -0.2) is 0 Å². The monoisotopic (exact) mass is 248 g/mol. The van der Waals surface area contributed by atoms with E-state index in [4.69, 9.17) is 0 Å². The zero-order valence-corrected chi connectivity index (χ0v) is 11.2. The van der Waals surface area contributed by atoms with Gasteiger partial charge in [-0.1, -0.05) is 36.4 Å². The van der Waals surface area contributed by atoms with Gasteiger partial charge in [-0.05, 0) is 25.1 Å². The van der Waals surface area contributed by atoms with Crippen molar-refractivity contribution in [2.45, 2.75) is 6.92 Å². The van der Waals surface area contributed by atoms with Gasteiger partial charge >= 0.3 is 0 Å². The van der Waals surface area contributed by atoms with E-state index in [-0.39, 0.29) is 0 Å². The minimum absolute atomic E-state index is 0.981. The van der Waals surface area contributed by atoms with Crippen molar-refractivity contribution in [3.8, 4) is 0 Å². The summed E-state index contributed by atoms with van der Waals surface area (Å²) in [6.45, 7) is 2.13. The molecular weight excluding hydrogens is 232 g/mol. The summed E-state index contributed by atoms with van der Waals surface area (Å²) in [4.78, 5) is 4.56. The van der Waals surface area contributed by atoms with Gasteiger partial charge in [-0.3, -0.25) is 4.99 Å². The van der Waals surface area contributed by atoms with Gasteiger partial charge in [-0.15, -0.1) is 0 Å². The number of aryl methyl sites for hydroxylation is 1. The molecule has 2 heteroatoms. The van der Waals surface area contributed by atoms with Crippen LogP contribution in [-0.4, -0.2) is 10.8 Å². The summed E-state index contributed by atoms with van der Waals surface area (Å²) in [5.41, 5.74) is 4.66. The lowest BCUT2D eigenvalue weighted by atomic mass is 10.1. The predicted molar refractivity (Wildman–Crippen MR) is 81.4 cm³/mol. The molecule has 0 amide bonds. The first-order chi connectivity index (χ1) is 9.27. The SMILES string of the molecule is Cc1c(C=Nc2ccccc2)c2ccccc2n1C. The molecule has 2 aromatic carbocycles. The van der Waals surface area contributed by atoms with Gasteiger partial charge in [0, 0.05) is 35.4 Å². The van der Waals surface area contributed by atoms with Crippen molar-refractivity contribution < 1.29 is 0 Å². The van der Waals surface area contributed by atoms with Gasteiger partial charge in [0.2, 0.25) is 0 Å². The quantitative estimate of drug-likeness (QED) is 0.604. The summed E-state index contributed by atoms with van der Waals surface area (Å²) in [6, 6.07) is 18.5. The van der Waals surface area contributed by atoms with Crippen molar-refractivity contribution in [1.82, 2.24) is 4.57 Å². The van der Waals surface area contributed by atoms with E-state index in [1.165, 1.54) is 22.2 Å². The number of para-hydroxylation sites is 2. The van der Waals surface area contributed by atoms with Gasteiger partial charge in [0.05, 0.1) is 5.69 Å². The van der Waals surface area contributed by atoms with E-state index in [2.05, 4.69) is 47.8 Å². The molecule has 0 atom stereocenters. The van der Waals surface area contributed by atoms with Crippen molar-refractivity contribution in [1.29, 1.82) is 0 Å². The maximum atomic E-state index is 4.56. The lowest BCUT2D eigenvalue weighted by Gasteiger charge is -1.97. The van der Waals surface area contributed by atoms with Crippen LogP contribution in [0.4, 0.5) is 5.69 Å². The number of nitrogens with zero attached hydrogens (tertiary/aromatic N) is 2. The number of rotatable bonds is 2. The van der Waals surface area contributed by atoms with Crippen LogP contribution in [0.2, 0.25) is 0 Å². The van der Waals surface area contributed by atoms with E-state index in [0.29, 0.717) is 0 Å². The van der Waals surface area contributed by atoms with Crippen LogP contribution >= 0.6 is 0 Å². The highest BCUT2D eigenvalue weighted by Gasteiger charge is 2.08. The maximum absolute atomic E-state index is 4.56. The van der Waals surface area contributed by atoms with Gasteiger partial charge in [0.15, 0.2) is 0 Å². The molecular formula is C17H16N2. The highest BCUT2D eigenvalue weighted by Crippen LogP contribution is 2.23. The summed E-state index contributed by atoms with van der Waals surface area (Å²) in [7, 11) is 2.09. The third kappa shape index (κ3) is 2.06. The molecule has 2 nitrogen and oxygen atoms in total. The Bertz CT molecular complexity index is 737. The van der Waals surface area contributed by atoms with Crippen molar-refractivity contribution in [3.05, 3.63) is 65.9 Å². The van der Waals surface area contributed by atoms with E-state index in [1.807, 2.05) is 36.5 Å². The molecule has 3 rings (SSSR count). The molecule has 0 radical (unpaired) electrons. The molecule has 0 unspecified atom stereocenters. The molecule has 0 N–H and O–H groups in total. The van der Waals surface area contributed by atoms with E-state index >= 15 is 0 Å². The summed E-state index contributed by atoms with van der Waals surface area (Å²) in [6.07, 6.45) is 1.97. The second kappa shape index (κ2) is 4.73. The minimum Gasteiger partial charge on any atom is -0.347 e. The zero-order chi connectivity index (χ0) is 13.2. The fraction of sp³-hybridized carbons (Fsp3) is 0.118. The first-order valence-electron chi connectivity index (χ1n) is 6.40. The summed E-state index contributed by atoms with van der Waals surface area (Å²) >= 11 is 0. The molecule has 3 aromatic rings. The molecule has 0 aliphatic rings. The standard InChI is InChI=1S/C17H16N2/c1-13-16(12-18-14-8-4-3-5-9-14)15-10-6-7-11-17(15)19(13)2/h3-12H,1-2H3. The molecule has 0 bridgehead atoms. The van der Waals surface area contributed by atoms with Gasteiger partial charge in [-0.2, -0.15) is 0 Å². The van der Waals surface area contributed by atoms with Crippen LogP contribution in [0.15, 0.2) is 59.6 Å². The summed E-state index contributed by atoms with van der Waals surface area (Å²) in [5.74, 6) is 0. The molecule has 19 heavy (non-hydrogen) atoms. The first kappa shape index (κ1) is 11.7. The van der Waals surface area contributed by atoms with Crippen molar-refractivity contribution in [2.24, 2.45) is 12.0 Å². The Hall–Kier alpha value is -2.35. The van der Waals surface area contributed by atoms with Crippen molar-refractivity contribution in [3.63, 3.8) is 0 Å². The van der Waals surface area contributed by atoms with Crippen molar-refractivity contribution >= 4 is 22.8 Å². The van der Waals surface area contributed by atoms with Gasteiger partial charge < -0.3 is 4.57 Å². The van der Waals surface area contributed by atoms with Crippen LogP contribution in [0.3, 0.4) is 0 Å². The lowest BCUT2D eigenvalue weighted by Crippen LogP contribution is -1.91. The summed E-state index contributed by atoms with van der Waals surface area (Å²) in [5, 5.41) is 1.25. The van der Waals surface area contributed by atoms with Crippen LogP contribution in [0.1, 0.15) is 11.3 Å². The number of aliphatic imine (C=N–C) groups is 1. The Balaban J connectivity index is 2.11. The third-order valence-electron chi connectivity index (χ3n) is 3.55. The fourth-order valence-electron chi connectivity index (χ4n) is 2.37. The largest absolute Gasteiger partial charge is 0.347 e. The van der Waals surface area contributed by atoms with E-state index < -0.39 is 0 Å². The highest BCUT2D eigenvalue weighted by molar-refractivity contribution is 6.01. The third-order valence-corrected chi connectivity index (χ3v) is 3.55. The molecule has 0 saturated carbocycles. The molecule has 94 valence electrons. The molecule has 0 fully saturated rings. The van der Waals surface area contributed by atoms with Crippen LogP contribution in [-0.2, 0) is 7.05 Å². The van der Waals surface area contributed by atoms with Crippen LogP contribution < -0.4 is 0 Å². The minimum atomic E-state index is 0.981. The average Bonchev–Trinajstić information content (AvgIpc) is 2.71. The molecule has 0 spiro atoms. The number of hydrogen-bond acceptors (Lipinski definition) is 1. The van der Waals surface area contributed by atoms with Crippen LogP contribution in [0, 0.1) is 6.92 Å². The number of hydrogen-bond donors (Lipinski definition) is 0. The molecule has 1 heterocycles. The topological polar surface area (TPSA) is 17.3 Å². The second-order valence-electron chi connectivity index (χ2n) is 4.67. The lowest BCUT2D eigenvalue weighted by molar-refractivity contribution is 0.917. The van der Waals surface area contributed by atoms with E-state index in [9.17, 15) is 0 Å². The fourth-order valence-corrected chi connectivity index (χ4v) is 2.37. The Kier molecular flexibility index (Phi) is 2.92. The molecule has 0 aliphatic carbocycles. The Morgan fingerprint density at radius 3 is 2.42 bits per heavy atom. The van der Waals surface area contributed by atoms with E-state index in [0.717, 1.165) is 5.69 Å². The maximum Gasteiger partial charge on any atom is 0.0629 e. The second-order valence-corrected chi connectivity index (χ2v) is 4.67. The van der Waals surface area contributed by atoms with Crippen LogP contribution in [0.5, 0.6) is 0 Å². The van der Waals surface area contributed by atoms with Crippen molar-refractivity contribution in [2.75, 3.05) is 0 Å². The van der Waals surface area contributed by atoms with Crippen LogP contribution in [0.25, 0.3) is 10.9 Å². The molecule has 1 aromatic heterocycles. The number of aromatic nitrogens is 1. The Morgan fingerprint density at radius 2 is 1.63 bits per heavy atom. The Morgan fingerprint density at radius 1 is 0.947 bits per heavy atom. The Labute approximate surface area is 113 Å². The number of benzene rings is 2. The number of fused-ring (bicyclic) bond motifs is 1. The zero-order valence-electron chi connectivity index (χ0n) is 11.2. The van der Waals surface area contributed by atoms with Gasteiger partial charge in [0.25, 0.3) is 0 Å². The van der Waals surface area contributed by atoms with Gasteiger partial charge in [0.1, 0.15) is 0 Å². The highest BCUT2D eigenvalue weighted by atomic mass is 14.9. The molecule has 0 saturated heterocycles. The molecule has 0 aliphatic heterocycles. The summed E-state index contributed by atoms with van der Waals surface area (Å²) < 4.78 is 2.21. The van der Waals surface area contributed by atoms with E-state index in [1.54, 1.807) is 0 Å². The predicted octanol–water partition coefficient (Wildman–Crippen LogP) is 4.24. The first-order valence-corrected chi connectivity index (χ1v) is 6.40.